The molecule has 4 aromatic carbocycles. The molecule has 0 saturated carbocycles. The van der Waals surface area contributed by atoms with Gasteiger partial charge in [0.1, 0.15) is 24.7 Å². The third-order valence-corrected chi connectivity index (χ3v) is 7.84. The summed E-state index contributed by atoms with van der Waals surface area (Å²) in [6.45, 7) is 1.73. The number of amides is 1. The first-order chi connectivity index (χ1) is 19.3. The number of hydrogen-bond acceptors (Lipinski definition) is 6. The predicted molar refractivity (Wildman–Crippen MR) is 157 cm³/mol. The number of sulfonamides is 1. The minimum Gasteiger partial charge on any atom is -0.495 e. The van der Waals surface area contributed by atoms with Crippen LogP contribution in [0.3, 0.4) is 0 Å². The fourth-order valence-electron chi connectivity index (χ4n) is 3.76. The second kappa shape index (κ2) is 13.1. The minimum absolute atomic E-state index is 0.0537. The molecule has 0 radical (unpaired) electrons. The molecule has 0 aliphatic heterocycles. The number of benzene rings is 4. The molecule has 4 rings (SSSR count). The Hall–Kier alpha value is -4.34. The number of hydrogen-bond donors (Lipinski definition) is 1. The second-order valence-corrected chi connectivity index (χ2v) is 11.1. The van der Waals surface area contributed by atoms with Crippen molar-refractivity contribution in [3.8, 4) is 11.5 Å². The third-order valence-electron chi connectivity index (χ3n) is 5.83. The van der Waals surface area contributed by atoms with E-state index in [4.69, 9.17) is 21.1 Å². The Morgan fingerprint density at radius 3 is 2.40 bits per heavy atom. The summed E-state index contributed by atoms with van der Waals surface area (Å²) in [6.07, 6.45) is 1.46. The van der Waals surface area contributed by atoms with Crippen LogP contribution in [0.5, 0.6) is 11.5 Å². The van der Waals surface area contributed by atoms with E-state index in [0.29, 0.717) is 28.7 Å². The summed E-state index contributed by atoms with van der Waals surface area (Å²) in [6, 6.07) is 27.6. The van der Waals surface area contributed by atoms with Crippen molar-refractivity contribution >= 4 is 39.4 Å². The first-order valence-corrected chi connectivity index (χ1v) is 14.1. The van der Waals surface area contributed by atoms with Gasteiger partial charge in [-0.3, -0.25) is 9.10 Å². The summed E-state index contributed by atoms with van der Waals surface area (Å²) in [4.78, 5) is 12.9. The van der Waals surface area contributed by atoms with E-state index in [1.54, 1.807) is 66.7 Å². The van der Waals surface area contributed by atoms with Crippen LogP contribution in [-0.2, 0) is 21.4 Å². The molecule has 0 atom stereocenters. The number of carbonyl (C=O) groups is 1. The van der Waals surface area contributed by atoms with E-state index in [9.17, 15) is 13.2 Å². The number of hydrazone groups is 1. The monoisotopic (exact) mass is 577 g/mol. The van der Waals surface area contributed by atoms with E-state index in [0.717, 1.165) is 15.4 Å². The normalized spacial score (nSPS) is 11.3. The van der Waals surface area contributed by atoms with Crippen LogP contribution in [-0.4, -0.2) is 34.2 Å². The topological polar surface area (TPSA) is 97.3 Å². The molecule has 0 saturated heterocycles. The van der Waals surface area contributed by atoms with Crippen LogP contribution in [0, 0.1) is 6.92 Å². The standard InChI is InChI=1S/C30H28ClN3O5S/c1-22-10-16-27(17-11-22)40(36,37)34(28-8-3-4-9-29(28)38-2)20-30(35)33-32-19-23-12-14-26(15-13-23)39-21-24-6-5-7-25(31)18-24/h3-19H,20-21H2,1-2H3,(H,33,35). The zero-order valence-corrected chi connectivity index (χ0v) is 23.5. The van der Waals surface area contributed by atoms with Crippen LogP contribution >= 0.6 is 11.6 Å². The number of halogens is 1. The number of rotatable bonds is 11. The summed E-state index contributed by atoms with van der Waals surface area (Å²) in [5.74, 6) is 0.349. The van der Waals surface area contributed by atoms with Gasteiger partial charge in [0, 0.05) is 5.02 Å². The molecule has 0 heterocycles. The summed E-state index contributed by atoms with van der Waals surface area (Å²) in [5, 5.41) is 4.64. The molecule has 0 aliphatic carbocycles. The van der Waals surface area contributed by atoms with Gasteiger partial charge >= 0.3 is 0 Å². The van der Waals surface area contributed by atoms with Gasteiger partial charge in [-0.2, -0.15) is 5.10 Å². The third kappa shape index (κ3) is 7.40. The number of methoxy groups -OCH3 is 1. The number of anilines is 1. The summed E-state index contributed by atoms with van der Waals surface area (Å²) in [5.41, 5.74) is 5.22. The van der Waals surface area contributed by atoms with Crippen LogP contribution < -0.4 is 19.2 Å². The van der Waals surface area contributed by atoms with Crippen LogP contribution in [0.15, 0.2) is 107 Å². The Morgan fingerprint density at radius 1 is 0.975 bits per heavy atom. The summed E-state index contributed by atoms with van der Waals surface area (Å²) in [7, 11) is -2.65. The van der Waals surface area contributed by atoms with Gasteiger partial charge in [-0.1, -0.05) is 53.6 Å². The van der Waals surface area contributed by atoms with Crippen molar-refractivity contribution in [3.05, 3.63) is 119 Å². The molecule has 0 aliphatic rings. The second-order valence-electron chi connectivity index (χ2n) is 8.78. The highest BCUT2D eigenvalue weighted by Gasteiger charge is 2.29. The number of nitrogens with zero attached hydrogens (tertiary/aromatic N) is 2. The number of aryl methyl sites for hydroxylation is 1. The van der Waals surface area contributed by atoms with Crippen molar-refractivity contribution in [2.24, 2.45) is 5.10 Å². The summed E-state index contributed by atoms with van der Waals surface area (Å²) >= 11 is 6.01. The van der Waals surface area contributed by atoms with E-state index < -0.39 is 22.5 Å². The number of ether oxygens (including phenoxy) is 2. The highest BCUT2D eigenvalue weighted by atomic mass is 35.5. The van der Waals surface area contributed by atoms with Crippen molar-refractivity contribution in [1.82, 2.24) is 5.43 Å². The molecule has 40 heavy (non-hydrogen) atoms. The molecule has 0 bridgehead atoms. The SMILES string of the molecule is COc1ccccc1N(CC(=O)NN=Cc1ccc(OCc2cccc(Cl)c2)cc1)S(=O)(=O)c1ccc(C)cc1. The van der Waals surface area contributed by atoms with Crippen molar-refractivity contribution in [2.45, 2.75) is 18.4 Å². The van der Waals surface area contributed by atoms with Gasteiger partial charge in [0.15, 0.2) is 0 Å². The number of nitrogens with one attached hydrogen (secondary N) is 1. The van der Waals surface area contributed by atoms with E-state index >= 15 is 0 Å². The molecular formula is C30H28ClN3O5S. The zero-order chi connectivity index (χ0) is 28.5. The molecule has 0 unspecified atom stereocenters. The number of para-hydroxylation sites is 2. The van der Waals surface area contributed by atoms with Crippen molar-refractivity contribution in [2.75, 3.05) is 18.0 Å². The smallest absolute Gasteiger partial charge is 0.264 e. The van der Waals surface area contributed by atoms with Crippen molar-refractivity contribution in [3.63, 3.8) is 0 Å². The predicted octanol–water partition coefficient (Wildman–Crippen LogP) is 5.58. The van der Waals surface area contributed by atoms with Crippen molar-refractivity contribution < 1.29 is 22.7 Å². The zero-order valence-electron chi connectivity index (χ0n) is 22.0. The minimum atomic E-state index is -4.09. The highest BCUT2D eigenvalue weighted by Crippen LogP contribution is 2.32. The quantitative estimate of drug-likeness (QED) is 0.185. The Bertz CT molecular complexity index is 1590. The first-order valence-electron chi connectivity index (χ1n) is 12.3. The molecule has 8 nitrogen and oxygen atoms in total. The van der Waals surface area contributed by atoms with E-state index in [1.807, 2.05) is 25.1 Å². The average molecular weight is 578 g/mol. The van der Waals surface area contributed by atoms with Gasteiger partial charge < -0.3 is 9.47 Å². The fourth-order valence-corrected chi connectivity index (χ4v) is 5.41. The van der Waals surface area contributed by atoms with Gasteiger partial charge in [0.2, 0.25) is 0 Å². The molecule has 206 valence electrons. The molecule has 1 amide bonds. The van der Waals surface area contributed by atoms with Crippen LogP contribution in [0.1, 0.15) is 16.7 Å². The maximum atomic E-state index is 13.6. The lowest BCUT2D eigenvalue weighted by Crippen LogP contribution is -2.39. The van der Waals surface area contributed by atoms with Crippen LogP contribution in [0.4, 0.5) is 5.69 Å². The number of carbonyl (C=O) groups excluding carboxylic acids is 1. The van der Waals surface area contributed by atoms with Crippen LogP contribution in [0.2, 0.25) is 5.02 Å². The van der Waals surface area contributed by atoms with Crippen LogP contribution in [0.25, 0.3) is 0 Å². The lowest BCUT2D eigenvalue weighted by Gasteiger charge is -2.25. The largest absolute Gasteiger partial charge is 0.495 e. The molecular weight excluding hydrogens is 550 g/mol. The lowest BCUT2D eigenvalue weighted by atomic mass is 10.2. The molecule has 10 heteroatoms. The molecule has 0 aromatic heterocycles. The van der Waals surface area contributed by atoms with E-state index in [2.05, 4.69) is 10.5 Å². The molecule has 1 N–H and O–H groups in total. The molecule has 4 aromatic rings. The average Bonchev–Trinajstić information content (AvgIpc) is 2.96. The first kappa shape index (κ1) is 28.7. The molecule has 0 spiro atoms. The van der Waals surface area contributed by atoms with Gasteiger partial charge in [0.25, 0.3) is 15.9 Å². The van der Waals surface area contributed by atoms with Gasteiger partial charge in [-0.05, 0) is 78.7 Å². The summed E-state index contributed by atoms with van der Waals surface area (Å²) < 4.78 is 39.3. The Balaban J connectivity index is 1.43. The van der Waals surface area contributed by atoms with Gasteiger partial charge in [-0.15, -0.1) is 0 Å². The van der Waals surface area contributed by atoms with E-state index in [1.165, 1.54) is 25.5 Å². The van der Waals surface area contributed by atoms with Gasteiger partial charge in [0.05, 0.1) is 23.9 Å². The molecule has 0 fully saturated rings. The Labute approximate surface area is 238 Å². The lowest BCUT2D eigenvalue weighted by molar-refractivity contribution is -0.119. The maximum absolute atomic E-state index is 13.6. The highest BCUT2D eigenvalue weighted by molar-refractivity contribution is 7.92. The fraction of sp³-hybridized carbons (Fsp3) is 0.133. The van der Waals surface area contributed by atoms with Gasteiger partial charge in [-0.25, -0.2) is 13.8 Å². The van der Waals surface area contributed by atoms with E-state index in [-0.39, 0.29) is 10.6 Å². The van der Waals surface area contributed by atoms with Crippen molar-refractivity contribution in [1.29, 1.82) is 0 Å². The maximum Gasteiger partial charge on any atom is 0.264 e. The Kier molecular flexibility index (Phi) is 9.42. The Morgan fingerprint density at radius 2 is 1.70 bits per heavy atom.